The molecule has 1 unspecified atom stereocenters. The first-order valence-corrected chi connectivity index (χ1v) is 10.8. The van der Waals surface area contributed by atoms with E-state index in [2.05, 4.69) is 15.5 Å². The van der Waals surface area contributed by atoms with Gasteiger partial charge in [0.05, 0.1) is 18.7 Å². The Kier molecular flexibility index (Phi) is 5.35. The molecule has 3 aliphatic carbocycles. The van der Waals surface area contributed by atoms with Crippen molar-refractivity contribution in [2.45, 2.75) is 43.8 Å². The van der Waals surface area contributed by atoms with Crippen molar-refractivity contribution in [3.63, 3.8) is 0 Å². The van der Waals surface area contributed by atoms with Gasteiger partial charge in [-0.2, -0.15) is 13.2 Å². The molecule has 0 amide bonds. The van der Waals surface area contributed by atoms with Crippen LogP contribution in [0.25, 0.3) is 0 Å². The van der Waals surface area contributed by atoms with Crippen molar-refractivity contribution in [1.29, 1.82) is 0 Å². The van der Waals surface area contributed by atoms with Gasteiger partial charge in [0.2, 0.25) is 0 Å². The fraction of sp³-hybridized carbons (Fsp3) is 0.435. The third-order valence-electron chi connectivity index (χ3n) is 7.06. The topological polar surface area (TPSA) is 73.1 Å². The number of alkyl halides is 4. The number of hydrogen-bond donors (Lipinski definition) is 1. The fourth-order valence-electron chi connectivity index (χ4n) is 5.63. The molecule has 0 aliphatic heterocycles. The number of ether oxygens (including phenoxy) is 1. The van der Waals surface area contributed by atoms with Crippen LogP contribution in [0.1, 0.15) is 30.4 Å². The average Bonchev–Trinajstić information content (AvgIpc) is 3.24. The Morgan fingerprint density at radius 3 is 2.31 bits per heavy atom. The van der Waals surface area contributed by atoms with Crippen LogP contribution in [0, 0.1) is 22.5 Å². The average molecular weight is 498 g/mol. The quantitative estimate of drug-likeness (QED) is 0.465. The van der Waals surface area contributed by atoms with E-state index in [-0.39, 0.29) is 17.8 Å². The van der Waals surface area contributed by atoms with Crippen molar-refractivity contribution >= 4 is 0 Å². The number of halogens is 6. The Hall–Kier alpha value is -3.15. The smallest absolute Gasteiger partial charge is 0.416 e. The van der Waals surface area contributed by atoms with Gasteiger partial charge in [-0.25, -0.2) is 17.9 Å². The summed E-state index contributed by atoms with van der Waals surface area (Å²) in [6, 6.07) is 6.83. The molecule has 35 heavy (non-hydrogen) atoms. The van der Waals surface area contributed by atoms with Gasteiger partial charge in [0.15, 0.2) is 0 Å². The van der Waals surface area contributed by atoms with Crippen LogP contribution in [0.4, 0.5) is 26.3 Å². The number of rotatable bonds is 8. The van der Waals surface area contributed by atoms with Gasteiger partial charge >= 0.3 is 6.18 Å². The minimum atomic E-state index is -4.45. The van der Waals surface area contributed by atoms with Crippen LogP contribution < -0.4 is 4.74 Å². The van der Waals surface area contributed by atoms with E-state index < -0.39 is 52.7 Å². The predicted molar refractivity (Wildman–Crippen MR) is 109 cm³/mol. The second kappa shape index (κ2) is 7.94. The molecule has 0 radical (unpaired) electrons. The second-order valence-electron chi connectivity index (χ2n) is 9.62. The largest absolute Gasteiger partial charge is 0.493 e. The first-order chi connectivity index (χ1) is 16.4. The van der Waals surface area contributed by atoms with Crippen molar-refractivity contribution in [3.8, 4) is 5.75 Å². The number of aliphatic hydroxyl groups is 1. The number of nitrogens with zero attached hydrogens (tertiary/aromatic N) is 4. The molecule has 3 aliphatic rings. The van der Waals surface area contributed by atoms with Gasteiger partial charge in [0.1, 0.15) is 35.5 Å². The highest BCUT2D eigenvalue weighted by Crippen LogP contribution is 2.76. The minimum absolute atomic E-state index is 0.170. The summed E-state index contributed by atoms with van der Waals surface area (Å²) >= 11 is 0. The van der Waals surface area contributed by atoms with Crippen LogP contribution in [0.2, 0.25) is 0 Å². The number of benzene rings is 2. The lowest BCUT2D eigenvalue weighted by Gasteiger charge is -2.72. The highest BCUT2D eigenvalue weighted by atomic mass is 19.4. The van der Waals surface area contributed by atoms with E-state index in [1.807, 2.05) is 0 Å². The maximum absolute atomic E-state index is 16.0. The van der Waals surface area contributed by atoms with Gasteiger partial charge in [0, 0.05) is 22.5 Å². The molecule has 1 heterocycles. The highest BCUT2D eigenvalue weighted by molar-refractivity contribution is 5.32. The van der Waals surface area contributed by atoms with Crippen molar-refractivity contribution in [1.82, 2.24) is 20.2 Å². The third kappa shape index (κ3) is 4.03. The predicted octanol–water partition coefficient (Wildman–Crippen LogP) is 4.45. The summed E-state index contributed by atoms with van der Waals surface area (Å²) in [5.74, 6) is -1.69. The van der Waals surface area contributed by atoms with Crippen molar-refractivity contribution in [3.05, 3.63) is 71.6 Å². The molecule has 6 nitrogen and oxygen atoms in total. The minimum Gasteiger partial charge on any atom is -0.493 e. The lowest BCUT2D eigenvalue weighted by atomic mass is 9.33. The van der Waals surface area contributed by atoms with E-state index in [0.717, 1.165) is 35.3 Å². The Morgan fingerprint density at radius 2 is 1.74 bits per heavy atom. The van der Waals surface area contributed by atoms with Gasteiger partial charge in [-0.15, -0.1) is 5.10 Å². The Balaban J connectivity index is 1.29. The molecule has 0 saturated heterocycles. The van der Waals surface area contributed by atoms with Gasteiger partial charge in [-0.05, 0) is 60.0 Å². The van der Waals surface area contributed by atoms with E-state index in [1.165, 1.54) is 12.1 Å². The second-order valence-corrected chi connectivity index (χ2v) is 9.62. The summed E-state index contributed by atoms with van der Waals surface area (Å²) < 4.78 is 89.0. The van der Waals surface area contributed by atoms with Gasteiger partial charge < -0.3 is 9.84 Å². The first-order valence-electron chi connectivity index (χ1n) is 10.8. The van der Waals surface area contributed by atoms with Gasteiger partial charge in [-0.1, -0.05) is 6.07 Å². The normalized spacial score (nSPS) is 25.8. The third-order valence-corrected chi connectivity index (χ3v) is 7.06. The zero-order valence-corrected chi connectivity index (χ0v) is 18.1. The highest BCUT2D eigenvalue weighted by Gasteiger charge is 2.74. The SMILES string of the molecule is O[C@](Cn1cnnn1)(c1ccc(F)cc1F)C(F)C12CC(COc3ccc(C(F)(F)F)cc3)(C1)C2. The number of hydrogen-bond acceptors (Lipinski definition) is 5. The van der Waals surface area contributed by atoms with Crippen LogP contribution in [-0.2, 0) is 18.3 Å². The summed E-state index contributed by atoms with van der Waals surface area (Å²) in [5, 5.41) is 22.0. The summed E-state index contributed by atoms with van der Waals surface area (Å²) in [5.41, 5.74) is -4.89. The van der Waals surface area contributed by atoms with Crippen molar-refractivity contribution < 1.29 is 36.2 Å². The Labute approximate surface area is 195 Å². The van der Waals surface area contributed by atoms with Crippen LogP contribution in [0.15, 0.2) is 48.8 Å². The van der Waals surface area contributed by atoms with Crippen LogP contribution >= 0.6 is 0 Å². The molecule has 2 bridgehead atoms. The zero-order valence-electron chi connectivity index (χ0n) is 18.1. The first kappa shape index (κ1) is 23.6. The Morgan fingerprint density at radius 1 is 1.06 bits per heavy atom. The van der Waals surface area contributed by atoms with E-state index in [0.29, 0.717) is 25.3 Å². The summed E-state index contributed by atoms with van der Waals surface area (Å²) in [7, 11) is 0. The molecule has 6 rings (SSSR count). The summed E-state index contributed by atoms with van der Waals surface area (Å²) in [6.45, 7) is -0.316. The van der Waals surface area contributed by atoms with Crippen LogP contribution in [-0.4, -0.2) is 38.1 Å². The molecule has 3 saturated carbocycles. The molecular formula is C23H20F6N4O2. The standard InChI is InChI=1S/C23H20F6N4O2/c24-15-3-6-17(18(25)7-15)22(34,11-33-13-30-31-32-33)19(26)21-8-20(9-21,10-21)12-35-16-4-1-14(2-5-16)23(27,28)29/h1-7,13,19,34H,8-12H2/t19?,20?,21?,22-/m1/s1. The monoisotopic (exact) mass is 498 g/mol. The molecule has 1 N–H and O–H groups in total. The zero-order chi connectivity index (χ0) is 25.1. The van der Waals surface area contributed by atoms with Gasteiger partial charge in [0.25, 0.3) is 0 Å². The van der Waals surface area contributed by atoms with Crippen molar-refractivity contribution in [2.75, 3.05) is 6.61 Å². The van der Waals surface area contributed by atoms with E-state index in [4.69, 9.17) is 4.74 Å². The summed E-state index contributed by atoms with van der Waals surface area (Å²) in [4.78, 5) is 0. The molecule has 2 aromatic carbocycles. The van der Waals surface area contributed by atoms with Gasteiger partial charge in [-0.3, -0.25) is 0 Å². The molecule has 0 spiro atoms. The molecule has 2 atom stereocenters. The maximum atomic E-state index is 16.0. The van der Waals surface area contributed by atoms with E-state index in [9.17, 15) is 27.1 Å². The molecule has 12 heteroatoms. The fourth-order valence-corrected chi connectivity index (χ4v) is 5.63. The number of aromatic nitrogens is 4. The lowest BCUT2D eigenvalue weighted by Crippen LogP contribution is -2.71. The van der Waals surface area contributed by atoms with E-state index in [1.54, 1.807) is 0 Å². The molecule has 1 aromatic heterocycles. The summed E-state index contributed by atoms with van der Waals surface area (Å²) in [6.07, 6.45) is -4.21. The maximum Gasteiger partial charge on any atom is 0.416 e. The molecule has 3 aromatic rings. The molecule has 3 fully saturated rings. The number of tetrazole rings is 1. The molecular weight excluding hydrogens is 478 g/mol. The van der Waals surface area contributed by atoms with E-state index >= 15 is 4.39 Å². The molecule has 186 valence electrons. The Bertz CT molecular complexity index is 1200. The van der Waals surface area contributed by atoms with Crippen molar-refractivity contribution in [2.24, 2.45) is 10.8 Å². The van der Waals surface area contributed by atoms with Crippen LogP contribution in [0.3, 0.4) is 0 Å². The van der Waals surface area contributed by atoms with Crippen LogP contribution in [0.5, 0.6) is 5.75 Å². The lowest BCUT2D eigenvalue weighted by molar-refractivity contribution is -0.285.